The van der Waals surface area contributed by atoms with Gasteiger partial charge in [-0.05, 0) is 43.5 Å². The standard InChI is InChI=1S/C15H17ClFN3O2S/c1-10-8-18-19-15(10)11-3-2-6-20(9-11)23(21,22)14-5-4-12(17)7-13(14)16/h4-5,7-8,11H,2-3,6,9H2,1H3,(H,18,19)/t11-/m0/s1. The molecule has 2 heterocycles. The van der Waals surface area contributed by atoms with Gasteiger partial charge < -0.3 is 0 Å². The quantitative estimate of drug-likeness (QED) is 0.918. The average molecular weight is 358 g/mol. The Hall–Kier alpha value is -1.44. The Morgan fingerprint density at radius 1 is 1.43 bits per heavy atom. The van der Waals surface area contributed by atoms with Crippen LogP contribution in [0.25, 0.3) is 0 Å². The van der Waals surface area contributed by atoms with E-state index in [0.717, 1.165) is 36.2 Å². The summed E-state index contributed by atoms with van der Waals surface area (Å²) < 4.78 is 40.2. The highest BCUT2D eigenvalue weighted by Crippen LogP contribution is 2.32. The number of nitrogens with one attached hydrogen (secondary N) is 1. The van der Waals surface area contributed by atoms with E-state index in [1.54, 1.807) is 6.20 Å². The molecule has 1 N–H and O–H groups in total. The van der Waals surface area contributed by atoms with Crippen molar-refractivity contribution in [3.8, 4) is 0 Å². The third-order valence-electron chi connectivity index (χ3n) is 4.17. The summed E-state index contributed by atoms with van der Waals surface area (Å²) in [7, 11) is -3.75. The van der Waals surface area contributed by atoms with Gasteiger partial charge in [-0.2, -0.15) is 9.40 Å². The monoisotopic (exact) mass is 357 g/mol. The molecule has 1 fully saturated rings. The number of aromatic nitrogens is 2. The van der Waals surface area contributed by atoms with Crippen molar-refractivity contribution < 1.29 is 12.8 Å². The summed E-state index contributed by atoms with van der Waals surface area (Å²) in [5.74, 6) is -0.487. The van der Waals surface area contributed by atoms with Crippen molar-refractivity contribution >= 4 is 21.6 Å². The highest BCUT2D eigenvalue weighted by molar-refractivity contribution is 7.89. The zero-order chi connectivity index (χ0) is 16.6. The van der Waals surface area contributed by atoms with Gasteiger partial charge in [-0.3, -0.25) is 5.10 Å². The van der Waals surface area contributed by atoms with Crippen molar-refractivity contribution in [3.63, 3.8) is 0 Å². The minimum Gasteiger partial charge on any atom is -0.282 e. The Morgan fingerprint density at radius 2 is 2.22 bits per heavy atom. The fourth-order valence-corrected chi connectivity index (χ4v) is 5.02. The van der Waals surface area contributed by atoms with Crippen molar-refractivity contribution in [2.24, 2.45) is 0 Å². The van der Waals surface area contributed by atoms with Gasteiger partial charge in [0.25, 0.3) is 0 Å². The smallest absolute Gasteiger partial charge is 0.244 e. The number of halogens is 2. The largest absolute Gasteiger partial charge is 0.282 e. The van der Waals surface area contributed by atoms with E-state index in [1.807, 2.05) is 6.92 Å². The third kappa shape index (κ3) is 3.13. The molecule has 0 spiro atoms. The Morgan fingerprint density at radius 3 is 2.87 bits per heavy atom. The van der Waals surface area contributed by atoms with Gasteiger partial charge in [0.2, 0.25) is 10.0 Å². The molecule has 1 aromatic heterocycles. The lowest BCUT2D eigenvalue weighted by molar-refractivity contribution is 0.312. The summed E-state index contributed by atoms with van der Waals surface area (Å²) in [6, 6.07) is 3.35. The Labute approximate surface area is 139 Å². The maximum Gasteiger partial charge on any atom is 0.244 e. The number of hydrogen-bond donors (Lipinski definition) is 1. The van der Waals surface area contributed by atoms with E-state index in [-0.39, 0.29) is 15.8 Å². The van der Waals surface area contributed by atoms with E-state index in [9.17, 15) is 12.8 Å². The van der Waals surface area contributed by atoms with Gasteiger partial charge in [0.15, 0.2) is 0 Å². The number of aromatic amines is 1. The number of H-pyrrole nitrogens is 1. The second-order valence-corrected chi connectivity index (χ2v) is 8.06. The normalized spacial score (nSPS) is 19.9. The van der Waals surface area contributed by atoms with Crippen molar-refractivity contribution in [2.75, 3.05) is 13.1 Å². The fourth-order valence-electron chi connectivity index (χ4n) is 2.99. The second kappa shape index (κ2) is 6.22. The lowest BCUT2D eigenvalue weighted by atomic mass is 9.94. The molecule has 0 bridgehead atoms. The van der Waals surface area contributed by atoms with Crippen LogP contribution in [0, 0.1) is 12.7 Å². The number of hydrogen-bond acceptors (Lipinski definition) is 3. The molecular formula is C15H17ClFN3O2S. The van der Waals surface area contributed by atoms with E-state index in [0.29, 0.717) is 13.1 Å². The van der Waals surface area contributed by atoms with Crippen LogP contribution >= 0.6 is 11.6 Å². The molecule has 0 radical (unpaired) electrons. The van der Waals surface area contributed by atoms with Crippen LogP contribution in [0.5, 0.6) is 0 Å². The third-order valence-corrected chi connectivity index (χ3v) is 6.52. The van der Waals surface area contributed by atoms with E-state index in [1.165, 1.54) is 10.4 Å². The maximum atomic E-state index is 13.2. The lowest BCUT2D eigenvalue weighted by Gasteiger charge is -2.32. The second-order valence-electron chi connectivity index (χ2n) is 5.74. The average Bonchev–Trinajstić information content (AvgIpc) is 2.93. The lowest BCUT2D eigenvalue weighted by Crippen LogP contribution is -2.39. The highest BCUT2D eigenvalue weighted by atomic mass is 35.5. The van der Waals surface area contributed by atoms with Crippen LogP contribution < -0.4 is 0 Å². The Kier molecular flexibility index (Phi) is 4.44. The first-order valence-corrected chi connectivity index (χ1v) is 9.16. The molecular weight excluding hydrogens is 341 g/mol. The molecule has 23 heavy (non-hydrogen) atoms. The van der Waals surface area contributed by atoms with Gasteiger partial charge in [0.1, 0.15) is 10.7 Å². The van der Waals surface area contributed by atoms with E-state index >= 15 is 0 Å². The molecule has 1 aromatic carbocycles. The van der Waals surface area contributed by atoms with Crippen LogP contribution in [-0.2, 0) is 10.0 Å². The molecule has 0 unspecified atom stereocenters. The highest BCUT2D eigenvalue weighted by Gasteiger charge is 2.33. The first-order chi connectivity index (χ1) is 10.9. The predicted octanol–water partition coefficient (Wildman–Crippen LogP) is 3.08. The summed E-state index contributed by atoms with van der Waals surface area (Å²) in [5.41, 5.74) is 1.99. The van der Waals surface area contributed by atoms with Crippen LogP contribution in [0.3, 0.4) is 0 Å². The van der Waals surface area contributed by atoms with Crippen molar-refractivity contribution in [3.05, 3.63) is 46.5 Å². The molecule has 5 nitrogen and oxygen atoms in total. The summed E-state index contributed by atoms with van der Waals surface area (Å²) in [6.07, 6.45) is 3.38. The molecule has 124 valence electrons. The summed E-state index contributed by atoms with van der Waals surface area (Å²) in [5, 5.41) is 6.88. The van der Waals surface area contributed by atoms with Gasteiger partial charge in [-0.25, -0.2) is 12.8 Å². The van der Waals surface area contributed by atoms with Crippen molar-refractivity contribution in [1.29, 1.82) is 0 Å². The van der Waals surface area contributed by atoms with Crippen LogP contribution in [0.4, 0.5) is 4.39 Å². The first-order valence-electron chi connectivity index (χ1n) is 7.34. The molecule has 1 aliphatic heterocycles. The minimum absolute atomic E-state index is 0.0532. The number of aryl methyl sites for hydroxylation is 1. The maximum absolute atomic E-state index is 13.2. The Bertz CT molecular complexity index is 822. The molecule has 1 aliphatic rings. The summed E-state index contributed by atoms with van der Waals surface area (Å²) >= 11 is 5.93. The molecule has 8 heteroatoms. The molecule has 1 atom stereocenters. The topological polar surface area (TPSA) is 66.1 Å². The number of rotatable bonds is 3. The van der Waals surface area contributed by atoms with Crippen LogP contribution in [0.1, 0.15) is 30.0 Å². The molecule has 0 amide bonds. The Balaban J connectivity index is 1.89. The van der Waals surface area contributed by atoms with E-state index < -0.39 is 15.8 Å². The summed E-state index contributed by atoms with van der Waals surface area (Å²) in [6.45, 7) is 2.74. The minimum atomic E-state index is -3.75. The van der Waals surface area contributed by atoms with Crippen molar-refractivity contribution in [2.45, 2.75) is 30.6 Å². The molecule has 3 rings (SSSR count). The molecule has 0 saturated carbocycles. The summed E-state index contributed by atoms with van der Waals surface area (Å²) in [4.78, 5) is -0.0532. The molecule has 0 aliphatic carbocycles. The molecule has 1 saturated heterocycles. The fraction of sp³-hybridized carbons (Fsp3) is 0.400. The van der Waals surface area contributed by atoms with Gasteiger partial charge in [0, 0.05) is 24.7 Å². The van der Waals surface area contributed by atoms with Gasteiger partial charge in [-0.15, -0.1) is 0 Å². The number of benzene rings is 1. The van der Waals surface area contributed by atoms with Crippen LogP contribution in [0.15, 0.2) is 29.3 Å². The van der Waals surface area contributed by atoms with Crippen LogP contribution in [0.2, 0.25) is 5.02 Å². The van der Waals surface area contributed by atoms with E-state index in [4.69, 9.17) is 11.6 Å². The SMILES string of the molecule is Cc1cn[nH]c1[C@H]1CCCN(S(=O)(=O)c2ccc(F)cc2Cl)C1. The zero-order valence-corrected chi connectivity index (χ0v) is 14.2. The first kappa shape index (κ1) is 16.4. The van der Waals surface area contributed by atoms with Crippen LogP contribution in [-0.4, -0.2) is 36.0 Å². The zero-order valence-electron chi connectivity index (χ0n) is 12.6. The number of sulfonamides is 1. The van der Waals surface area contributed by atoms with Gasteiger partial charge in [0.05, 0.1) is 11.2 Å². The number of piperidine rings is 1. The predicted molar refractivity (Wildman–Crippen MR) is 85.5 cm³/mol. The van der Waals surface area contributed by atoms with Gasteiger partial charge >= 0.3 is 0 Å². The van der Waals surface area contributed by atoms with Gasteiger partial charge in [-0.1, -0.05) is 11.6 Å². The van der Waals surface area contributed by atoms with Crippen molar-refractivity contribution in [1.82, 2.24) is 14.5 Å². The number of nitrogens with zero attached hydrogens (tertiary/aromatic N) is 2. The molecule has 2 aromatic rings. The van der Waals surface area contributed by atoms with E-state index in [2.05, 4.69) is 10.2 Å².